The summed E-state index contributed by atoms with van der Waals surface area (Å²) in [7, 11) is 1.34. The van der Waals surface area contributed by atoms with Gasteiger partial charge in [0.25, 0.3) is 0 Å². The van der Waals surface area contributed by atoms with Crippen LogP contribution in [0.15, 0.2) is 0 Å². The highest BCUT2D eigenvalue weighted by Crippen LogP contribution is 2.19. The number of ether oxygens (including phenoxy) is 1. The lowest BCUT2D eigenvalue weighted by Gasteiger charge is -2.16. The number of ketones is 1. The van der Waals surface area contributed by atoms with Crippen molar-refractivity contribution in [3.05, 3.63) is 0 Å². The molecule has 0 aromatic rings. The number of Topliss-reactive ketones (excluding diaryl/α,β-unsaturated/α-hetero) is 1. The Bertz CT molecular complexity index is 301. The third-order valence-corrected chi connectivity index (χ3v) is 4.14. The van der Waals surface area contributed by atoms with Gasteiger partial charge in [0, 0.05) is 13.0 Å². The molecule has 2 unspecified atom stereocenters. The van der Waals surface area contributed by atoms with E-state index in [4.69, 9.17) is 9.84 Å². The Labute approximate surface area is 135 Å². The van der Waals surface area contributed by atoms with Crippen LogP contribution in [0.2, 0.25) is 0 Å². The molecule has 0 amide bonds. The second-order valence-corrected chi connectivity index (χ2v) is 6.27. The summed E-state index contributed by atoms with van der Waals surface area (Å²) in [6.07, 6.45) is 9.69. The fraction of sp³-hybridized carbons (Fsp3) is 0.889. The summed E-state index contributed by atoms with van der Waals surface area (Å²) in [5.74, 6) is -0.966. The first-order valence-corrected chi connectivity index (χ1v) is 8.78. The summed E-state index contributed by atoms with van der Waals surface area (Å²) in [6, 6.07) is 0. The maximum Gasteiger partial charge on any atom is 0.316 e. The summed E-state index contributed by atoms with van der Waals surface area (Å²) in [4.78, 5) is 24.1. The molecule has 0 aliphatic heterocycles. The Balaban J connectivity index is 4.12. The Kier molecular flexibility index (Phi) is 13.2. The van der Waals surface area contributed by atoms with Crippen LogP contribution in [-0.2, 0) is 14.3 Å². The number of hydrogen-bond donors (Lipinski definition) is 1. The summed E-state index contributed by atoms with van der Waals surface area (Å²) in [5.41, 5.74) is 0. The lowest BCUT2D eigenvalue weighted by molar-refractivity contribution is -0.150. The number of hydrogen-bond acceptors (Lipinski definition) is 4. The fourth-order valence-corrected chi connectivity index (χ4v) is 2.67. The van der Waals surface area contributed by atoms with Crippen molar-refractivity contribution in [1.82, 2.24) is 0 Å². The van der Waals surface area contributed by atoms with Crippen molar-refractivity contribution in [3.63, 3.8) is 0 Å². The molecular formula is C18H34O4. The van der Waals surface area contributed by atoms with Gasteiger partial charge >= 0.3 is 5.97 Å². The summed E-state index contributed by atoms with van der Waals surface area (Å²) < 4.78 is 4.78. The number of aliphatic hydroxyl groups is 1. The lowest BCUT2D eigenvalue weighted by atomic mass is 9.90. The van der Waals surface area contributed by atoms with Gasteiger partial charge in [0.1, 0.15) is 11.7 Å². The molecule has 0 bridgehead atoms. The predicted octanol–water partition coefficient (Wildman–Crippen LogP) is 3.89. The number of unbranched alkanes of at least 4 members (excludes halogenated alkanes) is 6. The van der Waals surface area contributed by atoms with Crippen LogP contribution < -0.4 is 0 Å². The number of aliphatic hydroxyl groups excluding tert-OH is 1. The second kappa shape index (κ2) is 13.7. The van der Waals surface area contributed by atoms with Crippen LogP contribution >= 0.6 is 0 Å². The predicted molar refractivity (Wildman–Crippen MR) is 88.6 cm³/mol. The summed E-state index contributed by atoms with van der Waals surface area (Å²) >= 11 is 0. The minimum absolute atomic E-state index is 0.0428. The van der Waals surface area contributed by atoms with Crippen LogP contribution in [0, 0.1) is 11.8 Å². The van der Waals surface area contributed by atoms with E-state index in [9.17, 15) is 9.59 Å². The van der Waals surface area contributed by atoms with Crippen LogP contribution in [-0.4, -0.2) is 30.6 Å². The standard InChI is InChI=1S/C18H34O4/c1-4-5-6-7-8-9-10-11-16(18(21)22-3)17(20)14-15(2)12-13-19/h15-16,19H,4-14H2,1-3H3. The molecule has 0 fully saturated rings. The van der Waals surface area contributed by atoms with Crippen molar-refractivity contribution in [2.45, 2.75) is 78.1 Å². The van der Waals surface area contributed by atoms with Crippen LogP contribution in [0.4, 0.5) is 0 Å². The monoisotopic (exact) mass is 314 g/mol. The minimum Gasteiger partial charge on any atom is -0.468 e. The van der Waals surface area contributed by atoms with Crippen molar-refractivity contribution in [2.24, 2.45) is 11.8 Å². The van der Waals surface area contributed by atoms with Crippen molar-refractivity contribution in [3.8, 4) is 0 Å². The first-order chi connectivity index (χ1) is 10.6. The van der Waals surface area contributed by atoms with E-state index in [1.165, 1.54) is 39.2 Å². The molecule has 0 rings (SSSR count). The molecule has 4 heteroatoms. The molecule has 0 saturated heterocycles. The van der Waals surface area contributed by atoms with Crippen LogP contribution in [0.1, 0.15) is 78.1 Å². The summed E-state index contributed by atoms with van der Waals surface area (Å²) in [6.45, 7) is 4.20. The Morgan fingerprint density at radius 3 is 2.14 bits per heavy atom. The zero-order valence-corrected chi connectivity index (χ0v) is 14.6. The van der Waals surface area contributed by atoms with Crippen LogP contribution in [0.3, 0.4) is 0 Å². The number of esters is 1. The van der Waals surface area contributed by atoms with E-state index in [0.29, 0.717) is 19.3 Å². The zero-order chi connectivity index (χ0) is 16.8. The molecular weight excluding hydrogens is 280 g/mol. The first kappa shape index (κ1) is 21.1. The molecule has 0 aromatic heterocycles. The highest BCUT2D eigenvalue weighted by Gasteiger charge is 2.27. The zero-order valence-electron chi connectivity index (χ0n) is 14.6. The number of rotatable bonds is 14. The van der Waals surface area contributed by atoms with Crippen LogP contribution in [0.5, 0.6) is 0 Å². The largest absolute Gasteiger partial charge is 0.468 e. The van der Waals surface area contributed by atoms with Gasteiger partial charge in [0.15, 0.2) is 0 Å². The molecule has 22 heavy (non-hydrogen) atoms. The van der Waals surface area contributed by atoms with Gasteiger partial charge in [-0.15, -0.1) is 0 Å². The average Bonchev–Trinajstić information content (AvgIpc) is 2.49. The van der Waals surface area contributed by atoms with E-state index in [-0.39, 0.29) is 18.3 Å². The molecule has 4 nitrogen and oxygen atoms in total. The van der Waals surface area contributed by atoms with E-state index >= 15 is 0 Å². The van der Waals surface area contributed by atoms with Gasteiger partial charge in [-0.1, -0.05) is 58.8 Å². The Morgan fingerprint density at radius 2 is 1.59 bits per heavy atom. The quantitative estimate of drug-likeness (QED) is 0.300. The van der Waals surface area contributed by atoms with Gasteiger partial charge in [-0.05, 0) is 18.8 Å². The fourth-order valence-electron chi connectivity index (χ4n) is 2.67. The molecule has 0 aliphatic carbocycles. The molecule has 0 heterocycles. The van der Waals surface area contributed by atoms with E-state index in [2.05, 4.69) is 6.92 Å². The Morgan fingerprint density at radius 1 is 1.00 bits per heavy atom. The second-order valence-electron chi connectivity index (χ2n) is 6.27. The SMILES string of the molecule is CCCCCCCCCC(C(=O)CC(C)CCO)C(=O)OC. The average molecular weight is 314 g/mol. The van der Waals surface area contributed by atoms with Crippen molar-refractivity contribution >= 4 is 11.8 Å². The van der Waals surface area contributed by atoms with E-state index in [1.54, 1.807) is 0 Å². The molecule has 0 saturated carbocycles. The molecule has 0 aliphatic rings. The maximum atomic E-state index is 12.3. The van der Waals surface area contributed by atoms with Crippen molar-refractivity contribution in [2.75, 3.05) is 13.7 Å². The van der Waals surface area contributed by atoms with Gasteiger partial charge in [0.2, 0.25) is 0 Å². The van der Waals surface area contributed by atoms with Crippen molar-refractivity contribution in [1.29, 1.82) is 0 Å². The van der Waals surface area contributed by atoms with Gasteiger partial charge in [0.05, 0.1) is 7.11 Å². The van der Waals surface area contributed by atoms with Crippen LogP contribution in [0.25, 0.3) is 0 Å². The third-order valence-electron chi connectivity index (χ3n) is 4.14. The summed E-state index contributed by atoms with van der Waals surface area (Å²) in [5, 5.41) is 8.90. The highest BCUT2D eigenvalue weighted by atomic mass is 16.5. The minimum atomic E-state index is -0.623. The maximum absolute atomic E-state index is 12.3. The third kappa shape index (κ3) is 9.93. The topological polar surface area (TPSA) is 63.6 Å². The molecule has 2 atom stereocenters. The van der Waals surface area contributed by atoms with E-state index < -0.39 is 11.9 Å². The van der Waals surface area contributed by atoms with Gasteiger partial charge < -0.3 is 9.84 Å². The Hall–Kier alpha value is -0.900. The van der Waals surface area contributed by atoms with Gasteiger partial charge in [-0.25, -0.2) is 0 Å². The molecule has 1 N–H and O–H groups in total. The smallest absolute Gasteiger partial charge is 0.316 e. The van der Waals surface area contributed by atoms with Gasteiger partial charge in [-0.2, -0.15) is 0 Å². The molecule has 0 aromatic carbocycles. The number of methoxy groups -OCH3 is 1. The lowest BCUT2D eigenvalue weighted by Crippen LogP contribution is -2.27. The number of carbonyl (C=O) groups is 2. The molecule has 0 radical (unpaired) electrons. The highest BCUT2D eigenvalue weighted by molar-refractivity contribution is 5.98. The normalized spacial score (nSPS) is 13.6. The van der Waals surface area contributed by atoms with Crippen molar-refractivity contribution < 1.29 is 19.4 Å². The number of carbonyl (C=O) groups excluding carboxylic acids is 2. The molecule has 130 valence electrons. The first-order valence-electron chi connectivity index (χ1n) is 8.78. The molecule has 0 spiro atoms. The van der Waals surface area contributed by atoms with E-state index in [0.717, 1.165) is 12.8 Å². The van der Waals surface area contributed by atoms with E-state index in [1.807, 2.05) is 6.92 Å². The van der Waals surface area contributed by atoms with Gasteiger partial charge in [-0.3, -0.25) is 9.59 Å².